The first-order chi connectivity index (χ1) is 15.9. The minimum atomic E-state index is -1.30. The molecule has 1 aromatic carbocycles. The quantitative estimate of drug-likeness (QED) is 0.686. The number of carbonyl (C=O) groups is 2. The van der Waals surface area contributed by atoms with Gasteiger partial charge in [-0.2, -0.15) is 0 Å². The molecule has 1 aromatic heterocycles. The fraction of sp³-hybridized carbons (Fsp3) is 0.560. The number of aromatic nitrogens is 1. The maximum Gasteiger partial charge on any atom is 0.407 e. The van der Waals surface area contributed by atoms with Crippen LogP contribution in [0.1, 0.15) is 62.9 Å². The maximum absolute atomic E-state index is 15.3. The molecule has 8 nitrogen and oxygen atoms in total. The minimum absolute atomic E-state index is 0.0940. The van der Waals surface area contributed by atoms with E-state index in [4.69, 9.17) is 4.74 Å². The van der Waals surface area contributed by atoms with E-state index in [0.717, 1.165) is 25.7 Å². The third kappa shape index (κ3) is 4.12. The number of fused-ring (bicyclic) bond motifs is 3. The number of pyridine rings is 1. The van der Waals surface area contributed by atoms with E-state index >= 15 is 4.39 Å². The zero-order valence-corrected chi connectivity index (χ0v) is 19.7. The lowest BCUT2D eigenvalue weighted by Crippen LogP contribution is -2.60. The number of hydrogen-bond acceptors (Lipinski definition) is 5. The van der Waals surface area contributed by atoms with E-state index in [9.17, 15) is 19.5 Å². The van der Waals surface area contributed by atoms with Gasteiger partial charge in [-0.05, 0) is 64.5 Å². The van der Waals surface area contributed by atoms with Crippen LogP contribution >= 0.6 is 0 Å². The van der Waals surface area contributed by atoms with Gasteiger partial charge in [0, 0.05) is 42.7 Å². The van der Waals surface area contributed by atoms with Crippen molar-refractivity contribution in [3.05, 3.63) is 39.9 Å². The van der Waals surface area contributed by atoms with E-state index in [0.29, 0.717) is 36.8 Å². The smallest absolute Gasteiger partial charge is 0.407 e. The number of anilines is 1. The Kier molecular flexibility index (Phi) is 5.15. The van der Waals surface area contributed by atoms with Crippen LogP contribution in [0.4, 0.5) is 14.9 Å². The molecule has 0 unspecified atom stereocenters. The highest BCUT2D eigenvalue weighted by Crippen LogP contribution is 2.51. The summed E-state index contributed by atoms with van der Waals surface area (Å²) in [6.45, 7) is 7.19. The molecule has 2 aromatic rings. The molecule has 2 bridgehead atoms. The van der Waals surface area contributed by atoms with Crippen LogP contribution in [-0.2, 0) is 4.74 Å². The molecule has 2 aliphatic heterocycles. The van der Waals surface area contributed by atoms with E-state index in [1.54, 1.807) is 6.07 Å². The van der Waals surface area contributed by atoms with E-state index < -0.39 is 28.9 Å². The fourth-order valence-corrected chi connectivity index (χ4v) is 5.57. The molecule has 3 heterocycles. The van der Waals surface area contributed by atoms with E-state index in [-0.39, 0.29) is 22.4 Å². The molecule has 182 valence electrons. The van der Waals surface area contributed by atoms with Gasteiger partial charge in [0.1, 0.15) is 17.0 Å². The van der Waals surface area contributed by atoms with Crippen LogP contribution in [0, 0.1) is 17.2 Å². The Bertz CT molecular complexity index is 1240. The highest BCUT2D eigenvalue weighted by atomic mass is 19.1. The van der Waals surface area contributed by atoms with Crippen LogP contribution in [0.5, 0.6) is 0 Å². The third-order valence-electron chi connectivity index (χ3n) is 7.07. The van der Waals surface area contributed by atoms with Gasteiger partial charge in [-0.1, -0.05) is 0 Å². The van der Waals surface area contributed by atoms with Crippen LogP contribution in [0.25, 0.3) is 10.9 Å². The second-order valence-corrected chi connectivity index (χ2v) is 11.1. The van der Waals surface area contributed by atoms with Crippen molar-refractivity contribution in [1.29, 1.82) is 0 Å². The number of benzene rings is 1. The normalized spacial score (nSPS) is 24.0. The number of nitrogens with one attached hydrogen (secondary N) is 1. The SMILES string of the molecule is CC(C)(C)OC(=O)NCC12CC(CN(c3cc4c(cc3F)c(=O)c(C(=O)O)cn4C3CC3)C1)C2. The van der Waals surface area contributed by atoms with Gasteiger partial charge in [-0.15, -0.1) is 0 Å². The van der Waals surface area contributed by atoms with Gasteiger partial charge >= 0.3 is 12.1 Å². The van der Waals surface area contributed by atoms with Crippen molar-refractivity contribution in [1.82, 2.24) is 9.88 Å². The Balaban J connectivity index is 1.43. The Morgan fingerprint density at radius 2 is 1.97 bits per heavy atom. The number of amides is 1. The lowest BCUT2D eigenvalue weighted by molar-refractivity contribution is 0.0190. The molecule has 0 spiro atoms. The average molecular weight is 472 g/mol. The number of hydrogen-bond donors (Lipinski definition) is 2. The molecule has 0 atom stereocenters. The summed E-state index contributed by atoms with van der Waals surface area (Å²) in [5.41, 5.74) is -0.745. The lowest BCUT2D eigenvalue weighted by atomic mass is 9.58. The van der Waals surface area contributed by atoms with E-state index in [1.807, 2.05) is 30.2 Å². The van der Waals surface area contributed by atoms with Crippen molar-refractivity contribution >= 4 is 28.7 Å². The standard InChI is InChI=1S/C25H30FN3O5/c1-24(2,3)34-23(33)27-12-25-8-14(9-25)10-28(13-25)20-7-19-16(6-18(20)26)21(30)17(22(31)32)11-29(19)15-4-5-15/h6-7,11,14-15H,4-5,8-10,12-13H2,1-3H3,(H,27,33)(H,31,32). The monoisotopic (exact) mass is 471 g/mol. The van der Waals surface area contributed by atoms with Gasteiger partial charge in [0.05, 0.1) is 11.2 Å². The van der Waals surface area contributed by atoms with Crippen molar-refractivity contribution in [3.63, 3.8) is 0 Å². The van der Waals surface area contributed by atoms with Crippen molar-refractivity contribution in [3.8, 4) is 0 Å². The maximum atomic E-state index is 15.3. The number of halogens is 1. The largest absolute Gasteiger partial charge is 0.477 e. The zero-order chi connectivity index (χ0) is 24.4. The predicted octanol–water partition coefficient (Wildman–Crippen LogP) is 3.91. The van der Waals surface area contributed by atoms with Crippen molar-refractivity contribution in [2.75, 3.05) is 24.5 Å². The summed E-state index contributed by atoms with van der Waals surface area (Å²) in [6.07, 6.45) is 4.66. The summed E-state index contributed by atoms with van der Waals surface area (Å²) < 4.78 is 22.5. The van der Waals surface area contributed by atoms with Crippen LogP contribution in [-0.4, -0.2) is 47.0 Å². The summed E-state index contributed by atoms with van der Waals surface area (Å²) in [5.74, 6) is -1.43. The topological polar surface area (TPSA) is 101 Å². The van der Waals surface area contributed by atoms with Crippen LogP contribution in [0.2, 0.25) is 0 Å². The van der Waals surface area contributed by atoms with E-state index in [2.05, 4.69) is 5.32 Å². The summed E-state index contributed by atoms with van der Waals surface area (Å²) >= 11 is 0. The predicted molar refractivity (Wildman–Crippen MR) is 125 cm³/mol. The van der Waals surface area contributed by atoms with Gasteiger partial charge in [0.25, 0.3) is 0 Å². The molecule has 34 heavy (non-hydrogen) atoms. The number of piperidine rings is 2. The van der Waals surface area contributed by atoms with Gasteiger partial charge in [-0.25, -0.2) is 14.0 Å². The number of nitrogens with zero attached hydrogens (tertiary/aromatic N) is 2. The molecule has 2 saturated heterocycles. The number of aromatic carboxylic acids is 1. The molecule has 1 amide bonds. The molecule has 4 aliphatic rings. The molecule has 2 N–H and O–H groups in total. The van der Waals surface area contributed by atoms with Crippen LogP contribution < -0.4 is 15.6 Å². The molecular formula is C25H30FN3O5. The van der Waals surface area contributed by atoms with Crippen molar-refractivity contribution in [2.45, 2.75) is 58.1 Å². The number of carboxylic acids is 1. The number of ether oxygens (including phenoxy) is 1. The van der Waals surface area contributed by atoms with Crippen molar-refractivity contribution < 1.29 is 23.8 Å². The summed E-state index contributed by atoms with van der Waals surface area (Å²) in [7, 11) is 0. The number of rotatable bonds is 5. The Morgan fingerprint density at radius 1 is 1.26 bits per heavy atom. The lowest BCUT2D eigenvalue weighted by Gasteiger charge is -2.57. The molecule has 2 saturated carbocycles. The van der Waals surface area contributed by atoms with Crippen LogP contribution in [0.15, 0.2) is 23.1 Å². The fourth-order valence-electron chi connectivity index (χ4n) is 5.57. The van der Waals surface area contributed by atoms with Gasteiger partial charge in [0.2, 0.25) is 5.43 Å². The average Bonchev–Trinajstić information content (AvgIpc) is 3.56. The molecular weight excluding hydrogens is 441 g/mol. The molecule has 6 rings (SSSR count). The second kappa shape index (κ2) is 7.71. The highest BCUT2D eigenvalue weighted by Gasteiger charge is 2.50. The Hall–Kier alpha value is -3.10. The summed E-state index contributed by atoms with van der Waals surface area (Å²) in [4.78, 5) is 38.4. The highest BCUT2D eigenvalue weighted by molar-refractivity contribution is 5.93. The second-order valence-electron chi connectivity index (χ2n) is 11.1. The van der Waals surface area contributed by atoms with Gasteiger partial charge < -0.3 is 24.6 Å². The zero-order valence-electron chi connectivity index (χ0n) is 19.7. The number of alkyl carbamates (subject to hydrolysis) is 1. The molecule has 4 fully saturated rings. The first-order valence-electron chi connectivity index (χ1n) is 11.8. The molecule has 2 aliphatic carbocycles. The molecule has 9 heteroatoms. The van der Waals surface area contributed by atoms with Crippen LogP contribution in [0.3, 0.4) is 0 Å². The first-order valence-corrected chi connectivity index (χ1v) is 11.8. The summed E-state index contributed by atoms with van der Waals surface area (Å²) in [5, 5.41) is 12.4. The van der Waals surface area contributed by atoms with E-state index in [1.165, 1.54) is 12.3 Å². The molecule has 0 radical (unpaired) electrons. The third-order valence-corrected chi connectivity index (χ3v) is 7.07. The van der Waals surface area contributed by atoms with Gasteiger partial charge in [0.15, 0.2) is 0 Å². The summed E-state index contributed by atoms with van der Waals surface area (Å²) in [6, 6.07) is 3.00. The minimum Gasteiger partial charge on any atom is -0.477 e. The number of carbonyl (C=O) groups excluding carboxylic acids is 1. The van der Waals surface area contributed by atoms with Gasteiger partial charge in [-0.3, -0.25) is 4.79 Å². The number of carboxylic acid groups (broad SMARTS) is 1. The Morgan fingerprint density at radius 3 is 2.59 bits per heavy atom. The van der Waals surface area contributed by atoms with Crippen molar-refractivity contribution in [2.24, 2.45) is 11.3 Å². The first kappa shape index (κ1) is 22.7. The Labute approximate surface area is 196 Å².